The third-order valence-electron chi connectivity index (χ3n) is 5.26. The summed E-state index contributed by atoms with van der Waals surface area (Å²) in [5.74, 6) is -1.80. The molecule has 0 aliphatic rings. The molecule has 4 amide bonds. The Hall–Kier alpha value is -3.78. The van der Waals surface area contributed by atoms with Crippen molar-refractivity contribution in [3.8, 4) is 0 Å². The molecule has 2 rings (SSSR count). The van der Waals surface area contributed by atoms with E-state index >= 15 is 0 Å². The summed E-state index contributed by atoms with van der Waals surface area (Å²) in [6.45, 7) is 2.20. The van der Waals surface area contributed by atoms with Gasteiger partial charge in [-0.3, -0.25) is 19.2 Å². The maximum Gasteiger partial charge on any atom is 0.264 e. The van der Waals surface area contributed by atoms with Crippen molar-refractivity contribution in [1.29, 1.82) is 0 Å². The summed E-state index contributed by atoms with van der Waals surface area (Å²) < 4.78 is 51.5. The van der Waals surface area contributed by atoms with Crippen molar-refractivity contribution in [2.24, 2.45) is 0 Å². The molecule has 0 spiro atoms. The minimum Gasteiger partial charge on any atom is -0.326 e. The fourth-order valence-electron chi connectivity index (χ4n) is 3.48. The van der Waals surface area contributed by atoms with Crippen LogP contribution >= 0.6 is 0 Å². The number of sulfonamides is 2. The topological polar surface area (TPSA) is 185 Å². The first-order valence-corrected chi connectivity index (χ1v) is 15.1. The molecule has 14 heteroatoms. The highest BCUT2D eigenvalue weighted by molar-refractivity contribution is 7.90. The highest BCUT2D eigenvalue weighted by Crippen LogP contribution is 2.16. The Bertz CT molecular complexity index is 1280. The molecule has 0 bridgehead atoms. The van der Waals surface area contributed by atoms with E-state index in [2.05, 4.69) is 10.6 Å². The van der Waals surface area contributed by atoms with Gasteiger partial charge in [-0.05, 0) is 61.4 Å². The fraction of sp³-hybridized carbons (Fsp3) is 0.360. The zero-order valence-corrected chi connectivity index (χ0v) is 23.3. The van der Waals surface area contributed by atoms with Crippen LogP contribution in [0.1, 0.15) is 58.8 Å². The van der Waals surface area contributed by atoms with Crippen LogP contribution in [0.2, 0.25) is 0 Å². The van der Waals surface area contributed by atoms with Gasteiger partial charge in [-0.15, -0.1) is 0 Å². The van der Waals surface area contributed by atoms with Crippen molar-refractivity contribution < 1.29 is 36.0 Å². The van der Waals surface area contributed by atoms with Crippen LogP contribution < -0.4 is 20.1 Å². The van der Waals surface area contributed by atoms with Gasteiger partial charge in [0.25, 0.3) is 20.0 Å². The van der Waals surface area contributed by atoms with Crippen LogP contribution in [0.15, 0.2) is 58.3 Å². The van der Waals surface area contributed by atoms with Crippen LogP contribution in [0.25, 0.3) is 0 Å². The third kappa shape index (κ3) is 11.2. The number of benzene rings is 2. The van der Waals surface area contributed by atoms with Crippen LogP contribution in [-0.4, -0.2) is 40.5 Å². The Kier molecular flexibility index (Phi) is 11.6. The molecule has 12 nitrogen and oxygen atoms in total. The second-order valence-electron chi connectivity index (χ2n) is 8.74. The van der Waals surface area contributed by atoms with Gasteiger partial charge in [-0.2, -0.15) is 0 Å². The van der Waals surface area contributed by atoms with E-state index in [1.165, 1.54) is 48.5 Å². The number of unbranched alkanes of at least 4 members (excludes halogenated alkanes) is 4. The third-order valence-corrected chi connectivity index (χ3v) is 8.16. The smallest absolute Gasteiger partial charge is 0.264 e. The van der Waals surface area contributed by atoms with Crippen LogP contribution in [0.3, 0.4) is 0 Å². The summed E-state index contributed by atoms with van der Waals surface area (Å²) in [5.41, 5.74) is 0.883. The van der Waals surface area contributed by atoms with E-state index < -0.39 is 31.9 Å². The van der Waals surface area contributed by atoms with Gasteiger partial charge in [0.05, 0.1) is 9.79 Å². The zero-order valence-electron chi connectivity index (χ0n) is 21.7. The molecule has 39 heavy (non-hydrogen) atoms. The van der Waals surface area contributed by atoms with Crippen LogP contribution in [0.5, 0.6) is 0 Å². The molecule has 212 valence electrons. The average molecular weight is 581 g/mol. The van der Waals surface area contributed by atoms with Gasteiger partial charge in [0.2, 0.25) is 23.6 Å². The minimum atomic E-state index is -3.93. The standard InChI is InChI=1S/C25H32N4O8S2/c1-18(30)28-38(34,35)22-14-10-20(11-15-22)26-24(32)8-6-4-3-5-7-9-25(33)27-21-12-16-23(17-13-21)39(36,37)29-19(2)31/h10-17H,3-9H2,1-2H3,(H,26,32)(H,27,33)(H,28,30)(H,29,31). The Balaban J connectivity index is 1.62. The molecule has 0 atom stereocenters. The number of hydrogen-bond acceptors (Lipinski definition) is 8. The first kappa shape index (κ1) is 31.4. The summed E-state index contributed by atoms with van der Waals surface area (Å²) in [6, 6.07) is 11.0. The highest BCUT2D eigenvalue weighted by atomic mass is 32.2. The van der Waals surface area contributed by atoms with E-state index in [0.717, 1.165) is 33.1 Å². The number of amides is 4. The van der Waals surface area contributed by atoms with Gasteiger partial charge in [0.1, 0.15) is 0 Å². The Morgan fingerprint density at radius 2 is 0.846 bits per heavy atom. The molecular weight excluding hydrogens is 548 g/mol. The molecule has 0 aromatic heterocycles. The predicted octanol–water partition coefficient (Wildman–Crippen LogP) is 2.64. The molecule has 0 unspecified atom stereocenters. The van der Waals surface area contributed by atoms with Crippen molar-refractivity contribution in [3.63, 3.8) is 0 Å². The van der Waals surface area contributed by atoms with Crippen LogP contribution in [0, 0.1) is 0 Å². The molecule has 0 fully saturated rings. The molecule has 0 aliphatic carbocycles. The Morgan fingerprint density at radius 1 is 0.538 bits per heavy atom. The lowest BCUT2D eigenvalue weighted by molar-refractivity contribution is -0.118. The maximum atomic E-state index is 12.1. The maximum absolute atomic E-state index is 12.1. The summed E-state index contributed by atoms with van der Waals surface area (Å²) >= 11 is 0. The number of carbonyl (C=O) groups excluding carboxylic acids is 4. The molecule has 2 aromatic carbocycles. The lowest BCUT2D eigenvalue weighted by atomic mass is 10.1. The monoisotopic (exact) mass is 580 g/mol. The number of hydrogen-bond donors (Lipinski definition) is 4. The van der Waals surface area contributed by atoms with Crippen molar-refractivity contribution in [1.82, 2.24) is 9.44 Å². The van der Waals surface area contributed by atoms with E-state index in [1.807, 2.05) is 9.44 Å². The number of anilines is 2. The van der Waals surface area contributed by atoms with Crippen molar-refractivity contribution >= 4 is 55.1 Å². The lowest BCUT2D eigenvalue weighted by Gasteiger charge is -2.08. The molecule has 0 heterocycles. The Morgan fingerprint density at radius 3 is 1.15 bits per heavy atom. The van der Waals surface area contributed by atoms with E-state index in [-0.39, 0.29) is 21.6 Å². The second-order valence-corrected chi connectivity index (χ2v) is 12.1. The number of carbonyl (C=O) groups is 4. The van der Waals surface area contributed by atoms with E-state index in [4.69, 9.17) is 0 Å². The van der Waals surface area contributed by atoms with E-state index in [1.54, 1.807) is 0 Å². The van der Waals surface area contributed by atoms with Crippen molar-refractivity contribution in [2.45, 2.75) is 68.6 Å². The first-order chi connectivity index (χ1) is 18.3. The molecule has 0 saturated carbocycles. The molecular formula is C25H32N4O8S2. The minimum absolute atomic E-state index is 0.0866. The van der Waals surface area contributed by atoms with Gasteiger partial charge < -0.3 is 10.6 Å². The predicted molar refractivity (Wildman–Crippen MR) is 144 cm³/mol. The molecule has 0 aliphatic heterocycles. The summed E-state index contributed by atoms with van der Waals surface area (Å²) in [4.78, 5) is 46.1. The van der Waals surface area contributed by atoms with E-state index in [9.17, 15) is 36.0 Å². The summed E-state index contributed by atoms with van der Waals surface area (Å²) in [6.07, 6.45) is 4.33. The summed E-state index contributed by atoms with van der Waals surface area (Å²) in [7, 11) is -7.86. The molecule has 0 radical (unpaired) electrons. The quantitative estimate of drug-likeness (QED) is 0.246. The van der Waals surface area contributed by atoms with Gasteiger partial charge in [0, 0.05) is 38.1 Å². The zero-order chi connectivity index (χ0) is 29.1. The second kappa shape index (κ2) is 14.4. The highest BCUT2D eigenvalue weighted by Gasteiger charge is 2.16. The van der Waals surface area contributed by atoms with Gasteiger partial charge >= 0.3 is 0 Å². The fourth-order valence-corrected chi connectivity index (χ4v) is 5.46. The van der Waals surface area contributed by atoms with Gasteiger partial charge in [-0.1, -0.05) is 19.3 Å². The van der Waals surface area contributed by atoms with Crippen molar-refractivity contribution in [3.05, 3.63) is 48.5 Å². The molecule has 0 saturated heterocycles. The summed E-state index contributed by atoms with van der Waals surface area (Å²) in [5, 5.41) is 5.39. The molecule has 4 N–H and O–H groups in total. The van der Waals surface area contributed by atoms with Crippen molar-refractivity contribution in [2.75, 3.05) is 10.6 Å². The SMILES string of the molecule is CC(=O)NS(=O)(=O)c1ccc(NC(=O)CCCCCCCC(=O)Nc2ccc(S(=O)(=O)NC(C)=O)cc2)cc1. The van der Waals surface area contributed by atoms with Crippen LogP contribution in [0.4, 0.5) is 11.4 Å². The Labute approximate surface area is 228 Å². The van der Waals surface area contributed by atoms with Gasteiger partial charge in [0.15, 0.2) is 0 Å². The average Bonchev–Trinajstić information content (AvgIpc) is 2.82. The van der Waals surface area contributed by atoms with Crippen LogP contribution in [-0.2, 0) is 39.2 Å². The van der Waals surface area contributed by atoms with E-state index in [0.29, 0.717) is 37.1 Å². The molecule has 2 aromatic rings. The first-order valence-electron chi connectivity index (χ1n) is 12.1. The normalized spacial score (nSPS) is 11.3. The lowest BCUT2D eigenvalue weighted by Crippen LogP contribution is -2.28. The largest absolute Gasteiger partial charge is 0.326 e. The number of rotatable bonds is 14. The van der Waals surface area contributed by atoms with Gasteiger partial charge in [-0.25, -0.2) is 26.3 Å². The number of nitrogens with one attached hydrogen (secondary N) is 4.